The van der Waals surface area contributed by atoms with Crippen LogP contribution in [0.3, 0.4) is 0 Å². The Kier molecular flexibility index (Phi) is 6.53. The summed E-state index contributed by atoms with van der Waals surface area (Å²) >= 11 is 1.44. The van der Waals surface area contributed by atoms with Crippen molar-refractivity contribution in [2.24, 2.45) is 0 Å². The molecule has 0 fully saturated rings. The van der Waals surface area contributed by atoms with Crippen molar-refractivity contribution in [1.82, 2.24) is 10.6 Å². The number of nitrogens with one attached hydrogen (secondary N) is 2. The number of phenols is 1. The fraction of sp³-hybridized carbons (Fsp3) is 0.235. The van der Waals surface area contributed by atoms with E-state index in [1.165, 1.54) is 23.5 Å². The maximum atomic E-state index is 12.2. The number of carboxylic acid groups (broad SMARTS) is 1. The molecule has 0 aliphatic carbocycles. The van der Waals surface area contributed by atoms with E-state index < -0.39 is 24.5 Å². The summed E-state index contributed by atoms with van der Waals surface area (Å²) < 4.78 is 0. The zero-order valence-electron chi connectivity index (χ0n) is 13.3. The summed E-state index contributed by atoms with van der Waals surface area (Å²) in [4.78, 5) is 35.9. The number of aromatic hydroxyl groups is 1. The molecule has 1 atom stereocenters. The van der Waals surface area contributed by atoms with Crippen molar-refractivity contribution in [2.75, 3.05) is 6.54 Å². The average Bonchev–Trinajstić information content (AvgIpc) is 3.06. The number of carbonyl (C=O) groups excluding carboxylic acids is 2. The monoisotopic (exact) mass is 362 g/mol. The molecule has 2 rings (SSSR count). The van der Waals surface area contributed by atoms with Gasteiger partial charge in [0.25, 0.3) is 0 Å². The first-order valence-corrected chi connectivity index (χ1v) is 8.41. The molecule has 2 aromatic rings. The largest absolute Gasteiger partial charge is 0.508 e. The lowest BCUT2D eigenvalue weighted by Gasteiger charge is -2.18. The van der Waals surface area contributed by atoms with E-state index in [1.807, 2.05) is 17.5 Å². The molecule has 2 amide bonds. The maximum absolute atomic E-state index is 12.2. The Morgan fingerprint density at radius 1 is 1.12 bits per heavy atom. The summed E-state index contributed by atoms with van der Waals surface area (Å²) in [7, 11) is 0. The van der Waals surface area contributed by atoms with E-state index in [0.29, 0.717) is 0 Å². The second kappa shape index (κ2) is 8.84. The Morgan fingerprint density at radius 3 is 2.44 bits per heavy atom. The standard InChI is InChI=1S/C17H18N2O5S/c20-12-5-3-11(4-6-12)8-14(17(24)18-10-16(22)23)19-15(21)9-13-2-1-7-25-13/h1-7,14,20H,8-10H2,(H,18,24)(H,19,21)(H,22,23)/t14-/m0/s1. The van der Waals surface area contributed by atoms with Crippen molar-refractivity contribution >= 4 is 29.1 Å². The molecule has 7 nitrogen and oxygen atoms in total. The molecule has 0 radical (unpaired) electrons. The molecule has 1 aromatic carbocycles. The highest BCUT2D eigenvalue weighted by Gasteiger charge is 2.22. The second-order valence-electron chi connectivity index (χ2n) is 5.36. The molecule has 0 bridgehead atoms. The lowest BCUT2D eigenvalue weighted by atomic mass is 10.0. The lowest BCUT2D eigenvalue weighted by Crippen LogP contribution is -2.49. The highest BCUT2D eigenvalue weighted by molar-refractivity contribution is 7.10. The topological polar surface area (TPSA) is 116 Å². The number of benzene rings is 1. The van der Waals surface area contributed by atoms with Crippen LogP contribution >= 0.6 is 11.3 Å². The van der Waals surface area contributed by atoms with Crippen LogP contribution in [0.1, 0.15) is 10.4 Å². The van der Waals surface area contributed by atoms with Crippen LogP contribution < -0.4 is 10.6 Å². The molecule has 132 valence electrons. The lowest BCUT2D eigenvalue weighted by molar-refractivity contribution is -0.138. The minimum atomic E-state index is -1.17. The molecule has 0 unspecified atom stereocenters. The smallest absolute Gasteiger partial charge is 0.322 e. The van der Waals surface area contributed by atoms with Gasteiger partial charge in [0.05, 0.1) is 6.42 Å². The minimum Gasteiger partial charge on any atom is -0.508 e. The van der Waals surface area contributed by atoms with Gasteiger partial charge >= 0.3 is 5.97 Å². The van der Waals surface area contributed by atoms with Crippen molar-refractivity contribution in [3.05, 3.63) is 52.2 Å². The molecular formula is C17H18N2O5S. The van der Waals surface area contributed by atoms with E-state index in [-0.39, 0.29) is 24.5 Å². The molecule has 4 N–H and O–H groups in total. The normalized spacial score (nSPS) is 11.5. The number of phenolic OH excluding ortho intramolecular Hbond substituents is 1. The summed E-state index contributed by atoms with van der Waals surface area (Å²) in [5, 5.41) is 24.8. The Hall–Kier alpha value is -2.87. The number of aliphatic carboxylic acids is 1. The summed E-state index contributed by atoms with van der Waals surface area (Å²) in [5.41, 5.74) is 0.727. The summed E-state index contributed by atoms with van der Waals surface area (Å²) in [6.07, 6.45) is 0.331. The summed E-state index contributed by atoms with van der Waals surface area (Å²) in [6, 6.07) is 8.99. The molecule has 0 saturated carbocycles. The molecular weight excluding hydrogens is 344 g/mol. The fourth-order valence-electron chi connectivity index (χ4n) is 2.18. The van der Waals surface area contributed by atoms with Crippen LogP contribution in [0.4, 0.5) is 0 Å². The van der Waals surface area contributed by atoms with Crippen LogP contribution in [-0.4, -0.2) is 40.6 Å². The Bertz CT molecular complexity index is 728. The number of carbonyl (C=O) groups is 3. The summed E-state index contributed by atoms with van der Waals surface area (Å²) in [5.74, 6) is -1.97. The Labute approximate surface area is 148 Å². The van der Waals surface area contributed by atoms with Gasteiger partial charge in [-0.2, -0.15) is 0 Å². The van der Waals surface area contributed by atoms with Gasteiger partial charge in [0.2, 0.25) is 11.8 Å². The van der Waals surface area contributed by atoms with E-state index in [1.54, 1.807) is 12.1 Å². The maximum Gasteiger partial charge on any atom is 0.322 e. The number of carboxylic acids is 1. The predicted molar refractivity (Wildman–Crippen MR) is 92.4 cm³/mol. The number of amides is 2. The third kappa shape index (κ3) is 6.27. The summed E-state index contributed by atoms with van der Waals surface area (Å²) in [6.45, 7) is -0.522. The second-order valence-corrected chi connectivity index (χ2v) is 6.39. The first-order valence-electron chi connectivity index (χ1n) is 7.53. The van der Waals surface area contributed by atoms with Crippen LogP contribution in [0.5, 0.6) is 5.75 Å². The van der Waals surface area contributed by atoms with Gasteiger partial charge in [0, 0.05) is 11.3 Å². The van der Waals surface area contributed by atoms with E-state index in [2.05, 4.69) is 10.6 Å². The first kappa shape index (κ1) is 18.5. The third-order valence-corrected chi connectivity index (χ3v) is 4.23. The van der Waals surface area contributed by atoms with Crippen LogP contribution in [0.15, 0.2) is 41.8 Å². The molecule has 0 aliphatic heterocycles. The molecule has 0 aliphatic rings. The molecule has 0 spiro atoms. The van der Waals surface area contributed by atoms with Crippen LogP contribution in [0.25, 0.3) is 0 Å². The molecule has 25 heavy (non-hydrogen) atoms. The van der Waals surface area contributed by atoms with Crippen molar-refractivity contribution in [3.63, 3.8) is 0 Å². The van der Waals surface area contributed by atoms with Gasteiger partial charge in [-0.15, -0.1) is 11.3 Å². The Balaban J connectivity index is 2.04. The average molecular weight is 362 g/mol. The third-order valence-electron chi connectivity index (χ3n) is 3.36. The molecule has 1 heterocycles. The fourth-order valence-corrected chi connectivity index (χ4v) is 2.88. The van der Waals surface area contributed by atoms with Gasteiger partial charge < -0.3 is 20.8 Å². The van der Waals surface area contributed by atoms with Crippen molar-refractivity contribution in [1.29, 1.82) is 0 Å². The van der Waals surface area contributed by atoms with Crippen LogP contribution in [0, 0.1) is 0 Å². The van der Waals surface area contributed by atoms with Gasteiger partial charge in [0.1, 0.15) is 18.3 Å². The van der Waals surface area contributed by atoms with E-state index >= 15 is 0 Å². The number of thiophene rings is 1. The Morgan fingerprint density at radius 2 is 1.84 bits per heavy atom. The first-order chi connectivity index (χ1) is 11.9. The van der Waals surface area contributed by atoms with Crippen LogP contribution in [0.2, 0.25) is 0 Å². The van der Waals surface area contributed by atoms with Crippen LogP contribution in [-0.2, 0) is 27.2 Å². The zero-order valence-corrected chi connectivity index (χ0v) is 14.1. The quantitative estimate of drug-likeness (QED) is 0.557. The van der Waals surface area contributed by atoms with Gasteiger partial charge in [-0.05, 0) is 29.1 Å². The van der Waals surface area contributed by atoms with Crippen molar-refractivity contribution in [2.45, 2.75) is 18.9 Å². The molecule has 1 aromatic heterocycles. The predicted octanol–water partition coefficient (Wildman–Crippen LogP) is 0.925. The number of hydrogen-bond acceptors (Lipinski definition) is 5. The number of rotatable bonds is 8. The SMILES string of the molecule is O=C(O)CNC(=O)[C@H](Cc1ccc(O)cc1)NC(=O)Cc1cccs1. The van der Waals surface area contributed by atoms with E-state index in [0.717, 1.165) is 10.4 Å². The molecule has 0 saturated heterocycles. The van der Waals surface area contributed by atoms with Gasteiger partial charge in [-0.1, -0.05) is 18.2 Å². The highest BCUT2D eigenvalue weighted by Crippen LogP contribution is 2.12. The van der Waals surface area contributed by atoms with E-state index in [4.69, 9.17) is 5.11 Å². The van der Waals surface area contributed by atoms with E-state index in [9.17, 15) is 19.5 Å². The van der Waals surface area contributed by atoms with Crippen molar-refractivity contribution < 1.29 is 24.6 Å². The highest BCUT2D eigenvalue weighted by atomic mass is 32.1. The van der Waals surface area contributed by atoms with Gasteiger partial charge in [0.15, 0.2) is 0 Å². The zero-order chi connectivity index (χ0) is 18.2. The van der Waals surface area contributed by atoms with Gasteiger partial charge in [-0.25, -0.2) is 0 Å². The molecule has 8 heteroatoms. The number of hydrogen-bond donors (Lipinski definition) is 4. The van der Waals surface area contributed by atoms with Gasteiger partial charge in [-0.3, -0.25) is 14.4 Å². The van der Waals surface area contributed by atoms with Crippen molar-refractivity contribution in [3.8, 4) is 5.75 Å². The minimum absolute atomic E-state index is 0.0948.